The minimum Gasteiger partial charge on any atom is -0.481 e. The fourth-order valence-corrected chi connectivity index (χ4v) is 3.84. The van der Waals surface area contributed by atoms with Gasteiger partial charge in [0.1, 0.15) is 5.75 Å². The highest BCUT2D eigenvalue weighted by molar-refractivity contribution is 5.82. The summed E-state index contributed by atoms with van der Waals surface area (Å²) in [5.74, 6) is 0.913. The zero-order valence-corrected chi connectivity index (χ0v) is 15.3. The van der Waals surface area contributed by atoms with Crippen molar-refractivity contribution in [2.24, 2.45) is 0 Å². The van der Waals surface area contributed by atoms with E-state index in [-0.39, 0.29) is 11.3 Å². The highest BCUT2D eigenvalue weighted by atomic mass is 16.5. The molecule has 2 bridgehead atoms. The molecule has 0 aliphatic carbocycles. The summed E-state index contributed by atoms with van der Waals surface area (Å²) >= 11 is 0. The van der Waals surface area contributed by atoms with Gasteiger partial charge in [0.05, 0.1) is 0 Å². The van der Waals surface area contributed by atoms with Crippen LogP contribution in [0, 0.1) is 0 Å². The van der Waals surface area contributed by atoms with Gasteiger partial charge in [-0.2, -0.15) is 0 Å². The molecule has 4 nitrogen and oxygen atoms in total. The molecule has 1 aromatic rings. The molecule has 2 heterocycles. The Hall–Kier alpha value is -1.55. The Morgan fingerprint density at radius 3 is 2.75 bits per heavy atom. The molecule has 3 rings (SSSR count). The van der Waals surface area contributed by atoms with E-state index in [4.69, 9.17) is 4.74 Å². The van der Waals surface area contributed by atoms with Gasteiger partial charge in [-0.25, -0.2) is 0 Å². The first-order valence-electron chi connectivity index (χ1n) is 9.16. The molecule has 0 radical (unpaired) electrons. The van der Waals surface area contributed by atoms with E-state index >= 15 is 0 Å². The van der Waals surface area contributed by atoms with Crippen molar-refractivity contribution in [2.45, 2.75) is 70.6 Å². The summed E-state index contributed by atoms with van der Waals surface area (Å²) < 4.78 is 6.02. The smallest absolute Gasteiger partial charge is 0.263 e. The van der Waals surface area contributed by atoms with E-state index in [9.17, 15) is 4.79 Å². The molecule has 2 aliphatic heterocycles. The molecule has 2 saturated heterocycles. The molecule has 2 aliphatic rings. The standard InChI is InChI=1S/C20H30N2O2/c1-14(24-18-7-5-6-15(12-18)20(2,3)4)19(23)22-16-8-9-17(22)13-21-11-10-16/h5-7,12,14,16-17,21H,8-11,13H2,1-4H3. The van der Waals surface area contributed by atoms with Crippen molar-refractivity contribution in [3.63, 3.8) is 0 Å². The monoisotopic (exact) mass is 330 g/mol. The van der Waals surface area contributed by atoms with E-state index in [2.05, 4.69) is 43.1 Å². The number of carbonyl (C=O) groups excluding carboxylic acids is 1. The molecule has 1 amide bonds. The molecule has 0 aromatic heterocycles. The predicted molar refractivity (Wildman–Crippen MR) is 96.4 cm³/mol. The maximum atomic E-state index is 13.0. The van der Waals surface area contributed by atoms with Gasteiger partial charge >= 0.3 is 0 Å². The molecular weight excluding hydrogens is 300 g/mol. The Morgan fingerprint density at radius 2 is 2.00 bits per heavy atom. The van der Waals surface area contributed by atoms with Gasteiger partial charge in [-0.05, 0) is 55.8 Å². The lowest BCUT2D eigenvalue weighted by atomic mass is 9.87. The van der Waals surface area contributed by atoms with Gasteiger partial charge in [0, 0.05) is 18.6 Å². The number of hydrogen-bond acceptors (Lipinski definition) is 3. The number of nitrogens with one attached hydrogen (secondary N) is 1. The van der Waals surface area contributed by atoms with Crippen LogP contribution in [0.25, 0.3) is 0 Å². The molecule has 0 spiro atoms. The lowest BCUT2D eigenvalue weighted by Crippen LogP contribution is -2.48. The predicted octanol–water partition coefficient (Wildman–Crippen LogP) is 3.10. The highest BCUT2D eigenvalue weighted by Crippen LogP contribution is 2.30. The van der Waals surface area contributed by atoms with Crippen LogP contribution in [-0.2, 0) is 10.2 Å². The Kier molecular flexibility index (Phi) is 4.86. The fraction of sp³-hybridized carbons (Fsp3) is 0.650. The zero-order chi connectivity index (χ0) is 17.3. The number of amides is 1. The molecule has 1 aromatic carbocycles. The number of benzene rings is 1. The summed E-state index contributed by atoms with van der Waals surface area (Å²) in [6, 6.07) is 8.83. The van der Waals surface area contributed by atoms with E-state index in [1.165, 1.54) is 5.56 Å². The lowest BCUT2D eigenvalue weighted by molar-refractivity contribution is -0.140. The van der Waals surface area contributed by atoms with Crippen LogP contribution < -0.4 is 10.1 Å². The largest absolute Gasteiger partial charge is 0.481 e. The van der Waals surface area contributed by atoms with Crippen LogP contribution in [0.2, 0.25) is 0 Å². The Balaban J connectivity index is 1.71. The lowest BCUT2D eigenvalue weighted by Gasteiger charge is -2.30. The molecule has 3 unspecified atom stereocenters. The normalized spacial score (nSPS) is 25.2. The minimum absolute atomic E-state index is 0.0716. The number of carbonyl (C=O) groups is 1. The van der Waals surface area contributed by atoms with Crippen molar-refractivity contribution in [3.05, 3.63) is 29.8 Å². The van der Waals surface area contributed by atoms with Gasteiger partial charge in [0.2, 0.25) is 0 Å². The molecule has 3 atom stereocenters. The summed E-state index contributed by atoms with van der Waals surface area (Å²) in [4.78, 5) is 15.1. The van der Waals surface area contributed by atoms with E-state index in [0.717, 1.165) is 38.1 Å². The average Bonchev–Trinajstić information content (AvgIpc) is 2.79. The highest BCUT2D eigenvalue weighted by Gasteiger charge is 2.40. The van der Waals surface area contributed by atoms with Gasteiger partial charge in [-0.15, -0.1) is 0 Å². The van der Waals surface area contributed by atoms with Crippen molar-refractivity contribution in [3.8, 4) is 5.75 Å². The van der Waals surface area contributed by atoms with E-state index < -0.39 is 6.10 Å². The molecule has 24 heavy (non-hydrogen) atoms. The number of nitrogens with zero attached hydrogens (tertiary/aromatic N) is 1. The maximum Gasteiger partial charge on any atom is 0.263 e. The van der Waals surface area contributed by atoms with Crippen LogP contribution in [0.4, 0.5) is 0 Å². The summed E-state index contributed by atoms with van der Waals surface area (Å²) in [5.41, 5.74) is 1.29. The third-order valence-electron chi connectivity index (χ3n) is 5.27. The van der Waals surface area contributed by atoms with E-state index in [0.29, 0.717) is 12.1 Å². The summed E-state index contributed by atoms with van der Waals surface area (Å²) in [5, 5.41) is 3.44. The summed E-state index contributed by atoms with van der Waals surface area (Å²) in [6.07, 6.45) is 2.84. The van der Waals surface area contributed by atoms with Crippen molar-refractivity contribution in [2.75, 3.05) is 13.1 Å². The fourth-order valence-electron chi connectivity index (χ4n) is 3.84. The number of hydrogen-bond donors (Lipinski definition) is 1. The molecule has 132 valence electrons. The van der Waals surface area contributed by atoms with Crippen LogP contribution in [0.5, 0.6) is 5.75 Å². The van der Waals surface area contributed by atoms with Crippen LogP contribution in [0.3, 0.4) is 0 Å². The van der Waals surface area contributed by atoms with Crippen LogP contribution in [-0.4, -0.2) is 42.1 Å². The molecule has 2 fully saturated rings. The maximum absolute atomic E-state index is 13.0. The quantitative estimate of drug-likeness (QED) is 0.926. The molecular formula is C20H30N2O2. The van der Waals surface area contributed by atoms with Crippen LogP contribution in [0.15, 0.2) is 24.3 Å². The van der Waals surface area contributed by atoms with Crippen LogP contribution in [0.1, 0.15) is 52.5 Å². The Labute approximate surface area is 145 Å². The number of rotatable bonds is 3. The zero-order valence-electron chi connectivity index (χ0n) is 15.3. The van der Waals surface area contributed by atoms with Crippen LogP contribution >= 0.6 is 0 Å². The third-order valence-corrected chi connectivity index (χ3v) is 5.27. The second-order valence-corrected chi connectivity index (χ2v) is 8.16. The van der Waals surface area contributed by atoms with Crippen molar-refractivity contribution in [1.82, 2.24) is 10.2 Å². The first kappa shape index (κ1) is 17.3. The minimum atomic E-state index is -0.443. The Bertz CT molecular complexity index is 580. The summed E-state index contributed by atoms with van der Waals surface area (Å²) in [6.45, 7) is 10.3. The van der Waals surface area contributed by atoms with Crippen molar-refractivity contribution >= 4 is 5.91 Å². The van der Waals surface area contributed by atoms with E-state index in [1.807, 2.05) is 19.1 Å². The average molecular weight is 330 g/mol. The third kappa shape index (κ3) is 3.59. The topological polar surface area (TPSA) is 41.6 Å². The first-order chi connectivity index (χ1) is 11.4. The van der Waals surface area contributed by atoms with Crippen molar-refractivity contribution in [1.29, 1.82) is 0 Å². The summed E-state index contributed by atoms with van der Waals surface area (Å²) in [7, 11) is 0. The van der Waals surface area contributed by atoms with Gasteiger partial charge in [-0.1, -0.05) is 32.9 Å². The number of ether oxygens (including phenoxy) is 1. The van der Waals surface area contributed by atoms with Crippen molar-refractivity contribution < 1.29 is 9.53 Å². The van der Waals surface area contributed by atoms with Gasteiger partial charge < -0.3 is 15.0 Å². The van der Waals surface area contributed by atoms with E-state index in [1.54, 1.807) is 0 Å². The number of fused-ring (bicyclic) bond motifs is 2. The second kappa shape index (κ2) is 6.75. The van der Waals surface area contributed by atoms with Gasteiger partial charge in [-0.3, -0.25) is 4.79 Å². The molecule has 0 saturated carbocycles. The van der Waals surface area contributed by atoms with Gasteiger partial charge in [0.25, 0.3) is 5.91 Å². The molecule has 1 N–H and O–H groups in total. The van der Waals surface area contributed by atoms with Gasteiger partial charge in [0.15, 0.2) is 6.10 Å². The second-order valence-electron chi connectivity index (χ2n) is 8.16. The molecule has 4 heteroatoms. The Morgan fingerprint density at radius 1 is 1.25 bits per heavy atom. The first-order valence-corrected chi connectivity index (χ1v) is 9.16. The SMILES string of the molecule is CC(Oc1cccc(C(C)(C)C)c1)C(=O)N1C2CCNCC1CC2.